The molecule has 2 unspecified atom stereocenters. The number of carboxylic acids is 1. The maximum atomic E-state index is 9.86. The Labute approximate surface area is 90.5 Å². The van der Waals surface area contributed by atoms with E-state index in [1.54, 1.807) is 0 Å². The van der Waals surface area contributed by atoms with E-state index in [4.69, 9.17) is 21.1 Å². The largest absolute Gasteiger partial charge is 0.480 e. The third-order valence-electron chi connectivity index (χ3n) is 1.58. The van der Waals surface area contributed by atoms with E-state index in [0.717, 1.165) is 11.0 Å². The van der Waals surface area contributed by atoms with Crippen LogP contribution in [0.5, 0.6) is 0 Å². The van der Waals surface area contributed by atoms with Gasteiger partial charge in [-0.2, -0.15) is 0 Å². The Morgan fingerprint density at radius 1 is 1.40 bits per heavy atom. The summed E-state index contributed by atoms with van der Waals surface area (Å²) in [5.41, 5.74) is 4.91. The number of carboxylic acid groups (broad SMARTS) is 1. The summed E-state index contributed by atoms with van der Waals surface area (Å²) in [5, 5.41) is 24.9. The SMILES string of the molecule is CC(O)C(N)C(=O)O.C[N+](C)(C)CCO. The first-order chi connectivity index (χ1) is 6.61. The van der Waals surface area contributed by atoms with E-state index in [1.165, 1.54) is 6.92 Å². The molecule has 0 aliphatic carbocycles. The molecule has 6 heteroatoms. The van der Waals surface area contributed by atoms with E-state index < -0.39 is 18.1 Å². The molecule has 0 aliphatic heterocycles. The molecule has 0 aromatic carbocycles. The van der Waals surface area contributed by atoms with E-state index in [-0.39, 0.29) is 6.61 Å². The van der Waals surface area contributed by atoms with Crippen LogP contribution in [0.3, 0.4) is 0 Å². The Morgan fingerprint density at radius 2 is 1.80 bits per heavy atom. The van der Waals surface area contributed by atoms with Gasteiger partial charge in [-0.05, 0) is 6.92 Å². The van der Waals surface area contributed by atoms with Crippen LogP contribution < -0.4 is 5.73 Å². The molecule has 0 saturated heterocycles. The Kier molecular flexibility index (Phi) is 8.46. The summed E-state index contributed by atoms with van der Waals surface area (Å²) < 4.78 is 0.844. The number of carbonyl (C=O) groups is 1. The molecule has 0 heterocycles. The topological polar surface area (TPSA) is 104 Å². The van der Waals surface area contributed by atoms with Crippen molar-refractivity contribution in [2.45, 2.75) is 19.1 Å². The molecule has 0 aromatic heterocycles. The predicted octanol–water partition coefficient (Wildman–Crippen LogP) is -1.54. The fourth-order valence-electron chi connectivity index (χ4n) is 0.506. The first kappa shape index (κ1) is 16.7. The zero-order valence-electron chi connectivity index (χ0n) is 9.84. The van der Waals surface area contributed by atoms with Gasteiger partial charge in [-0.25, -0.2) is 0 Å². The smallest absolute Gasteiger partial charge is 0.323 e. The first-order valence-corrected chi connectivity index (χ1v) is 4.69. The van der Waals surface area contributed by atoms with Crippen LogP contribution in [0.15, 0.2) is 0 Å². The standard InChI is InChI=1S/C5H14NO.C4H9NO3/c1-6(2,3)4-5-7;1-2(6)3(5)4(7)8/h7H,4-5H2,1-3H3;2-3,6H,5H2,1H3,(H,7,8)/q+1;. The van der Waals surface area contributed by atoms with E-state index in [0.29, 0.717) is 0 Å². The van der Waals surface area contributed by atoms with Crippen molar-refractivity contribution in [3.8, 4) is 0 Å². The van der Waals surface area contributed by atoms with Crippen molar-refractivity contribution in [2.75, 3.05) is 34.3 Å². The van der Waals surface area contributed by atoms with Gasteiger partial charge in [0, 0.05) is 0 Å². The van der Waals surface area contributed by atoms with Gasteiger partial charge in [0.1, 0.15) is 12.6 Å². The Bertz CT molecular complexity index is 177. The second-order valence-electron chi connectivity index (χ2n) is 4.34. The molecule has 0 aliphatic rings. The van der Waals surface area contributed by atoms with E-state index in [2.05, 4.69) is 21.1 Å². The van der Waals surface area contributed by atoms with Gasteiger partial charge in [-0.1, -0.05) is 0 Å². The highest BCUT2D eigenvalue weighted by atomic mass is 16.4. The maximum Gasteiger partial charge on any atom is 0.323 e. The number of likely N-dealkylation sites (N-methyl/N-ethyl adjacent to an activating group) is 1. The summed E-state index contributed by atoms with van der Waals surface area (Å²) in [4.78, 5) is 9.86. The predicted molar refractivity (Wildman–Crippen MR) is 57.3 cm³/mol. The number of nitrogens with zero attached hydrogens (tertiary/aromatic N) is 1. The number of aliphatic hydroxyl groups is 2. The lowest BCUT2D eigenvalue weighted by Gasteiger charge is -2.21. The fraction of sp³-hybridized carbons (Fsp3) is 0.889. The minimum absolute atomic E-state index is 0.281. The van der Waals surface area contributed by atoms with E-state index in [9.17, 15) is 4.79 Å². The van der Waals surface area contributed by atoms with Crippen molar-refractivity contribution >= 4 is 5.97 Å². The average Bonchev–Trinajstić information content (AvgIpc) is 2.01. The van der Waals surface area contributed by atoms with Gasteiger partial charge >= 0.3 is 5.97 Å². The van der Waals surface area contributed by atoms with Crippen molar-refractivity contribution in [3.63, 3.8) is 0 Å². The molecular weight excluding hydrogens is 200 g/mol. The van der Waals surface area contributed by atoms with Gasteiger partial charge in [-0.15, -0.1) is 0 Å². The molecule has 92 valence electrons. The molecule has 6 nitrogen and oxygen atoms in total. The Hall–Kier alpha value is -0.690. The number of quaternary nitrogens is 1. The maximum absolute atomic E-state index is 9.86. The molecule has 0 fully saturated rings. The summed E-state index contributed by atoms with van der Waals surface area (Å²) in [6, 6.07) is -1.16. The first-order valence-electron chi connectivity index (χ1n) is 4.69. The fourth-order valence-corrected chi connectivity index (χ4v) is 0.506. The molecule has 0 rings (SSSR count). The van der Waals surface area contributed by atoms with Crippen molar-refractivity contribution in [1.82, 2.24) is 0 Å². The highest BCUT2D eigenvalue weighted by Crippen LogP contribution is 1.86. The quantitative estimate of drug-likeness (QED) is 0.433. The number of rotatable bonds is 4. The van der Waals surface area contributed by atoms with Gasteiger partial charge < -0.3 is 25.5 Å². The number of aliphatic carboxylic acids is 1. The minimum Gasteiger partial charge on any atom is -0.480 e. The van der Waals surface area contributed by atoms with Crippen molar-refractivity contribution in [3.05, 3.63) is 0 Å². The van der Waals surface area contributed by atoms with Crippen LogP contribution in [0.4, 0.5) is 0 Å². The van der Waals surface area contributed by atoms with Gasteiger partial charge in [0.25, 0.3) is 0 Å². The molecule has 0 bridgehead atoms. The third-order valence-corrected chi connectivity index (χ3v) is 1.58. The van der Waals surface area contributed by atoms with Crippen LogP contribution in [0.1, 0.15) is 6.92 Å². The van der Waals surface area contributed by atoms with Gasteiger partial charge in [0.2, 0.25) is 0 Å². The molecule has 2 atom stereocenters. The third kappa shape index (κ3) is 13.3. The van der Waals surface area contributed by atoms with Gasteiger partial charge in [0.15, 0.2) is 0 Å². The second kappa shape index (κ2) is 7.58. The Morgan fingerprint density at radius 3 is 1.80 bits per heavy atom. The molecule has 0 aromatic rings. The van der Waals surface area contributed by atoms with Crippen LogP contribution >= 0.6 is 0 Å². The van der Waals surface area contributed by atoms with Crippen LogP contribution in [0.25, 0.3) is 0 Å². The van der Waals surface area contributed by atoms with E-state index >= 15 is 0 Å². The van der Waals surface area contributed by atoms with E-state index in [1.807, 2.05) is 0 Å². The number of aliphatic hydroxyl groups excluding tert-OH is 2. The van der Waals surface area contributed by atoms with Crippen LogP contribution in [0.2, 0.25) is 0 Å². The summed E-state index contributed by atoms with van der Waals surface area (Å²) >= 11 is 0. The summed E-state index contributed by atoms with van der Waals surface area (Å²) in [5.74, 6) is -1.18. The molecule has 0 spiro atoms. The zero-order chi connectivity index (χ0) is 12.6. The summed E-state index contributed by atoms with van der Waals surface area (Å²) in [6.45, 7) is 2.45. The van der Waals surface area contributed by atoms with Crippen LogP contribution in [-0.2, 0) is 4.79 Å². The number of hydrogen-bond donors (Lipinski definition) is 4. The molecule has 0 amide bonds. The lowest BCUT2D eigenvalue weighted by molar-refractivity contribution is -0.870. The molecule has 15 heavy (non-hydrogen) atoms. The average molecular weight is 223 g/mol. The molecule has 0 radical (unpaired) electrons. The molecule has 0 saturated carbocycles. The highest BCUT2D eigenvalue weighted by Gasteiger charge is 2.16. The van der Waals surface area contributed by atoms with Gasteiger partial charge in [-0.3, -0.25) is 4.79 Å². The lowest BCUT2D eigenvalue weighted by atomic mass is 10.2. The van der Waals surface area contributed by atoms with Crippen molar-refractivity contribution in [2.24, 2.45) is 5.73 Å². The molecular formula is C9H23N2O4+. The van der Waals surface area contributed by atoms with Crippen molar-refractivity contribution in [1.29, 1.82) is 0 Å². The van der Waals surface area contributed by atoms with Gasteiger partial charge in [0.05, 0.1) is 33.9 Å². The minimum atomic E-state index is -1.18. The summed E-state index contributed by atoms with van der Waals surface area (Å²) in [6.07, 6.45) is -0.979. The number of hydrogen-bond acceptors (Lipinski definition) is 4. The summed E-state index contributed by atoms with van der Waals surface area (Å²) in [7, 11) is 6.16. The van der Waals surface area contributed by atoms with Crippen LogP contribution in [0, 0.1) is 0 Å². The lowest BCUT2D eigenvalue weighted by Crippen LogP contribution is -2.39. The zero-order valence-corrected chi connectivity index (χ0v) is 9.84. The Balaban J connectivity index is 0. The normalized spacial score (nSPS) is 14.9. The molecule has 5 N–H and O–H groups in total. The highest BCUT2D eigenvalue weighted by molar-refractivity contribution is 5.73. The second-order valence-corrected chi connectivity index (χ2v) is 4.34. The van der Waals surface area contributed by atoms with Crippen LogP contribution in [-0.4, -0.2) is 72.2 Å². The van der Waals surface area contributed by atoms with Crippen molar-refractivity contribution < 1.29 is 24.6 Å². The number of nitrogens with two attached hydrogens (primary N) is 1. The monoisotopic (exact) mass is 223 g/mol.